The van der Waals surface area contributed by atoms with Gasteiger partial charge in [-0.05, 0) is 53.8 Å². The van der Waals surface area contributed by atoms with Crippen molar-refractivity contribution in [2.45, 2.75) is 30.3 Å². The molecule has 2 aromatic carbocycles. The van der Waals surface area contributed by atoms with Crippen molar-refractivity contribution in [3.63, 3.8) is 0 Å². The number of hydrogen-bond acceptors (Lipinski definition) is 8. The first-order valence-electron chi connectivity index (χ1n) is 12.0. The summed E-state index contributed by atoms with van der Waals surface area (Å²) in [7, 11) is 4.94. The molecule has 1 aliphatic rings. The lowest BCUT2D eigenvalue weighted by Crippen LogP contribution is -2.31. The van der Waals surface area contributed by atoms with Crippen LogP contribution in [0.1, 0.15) is 33.5 Å². The zero-order valence-corrected chi connectivity index (χ0v) is 22.8. The van der Waals surface area contributed by atoms with E-state index in [9.17, 15) is 4.79 Å². The Bertz CT molecular complexity index is 1240. The number of carbonyl (C=O) groups is 1. The van der Waals surface area contributed by atoms with E-state index in [1.807, 2.05) is 36.4 Å². The highest BCUT2D eigenvalue weighted by Crippen LogP contribution is 2.35. The van der Waals surface area contributed by atoms with Crippen molar-refractivity contribution in [1.29, 1.82) is 0 Å². The zero-order valence-electron chi connectivity index (χ0n) is 21.3. The number of nitrogens with zero attached hydrogens (tertiary/aromatic N) is 3. The molecule has 10 heteroatoms. The Labute approximate surface area is 226 Å². The molecule has 0 unspecified atom stereocenters. The molecule has 8 nitrogen and oxygen atoms in total. The van der Waals surface area contributed by atoms with Crippen LogP contribution in [-0.4, -0.2) is 56.9 Å². The van der Waals surface area contributed by atoms with Gasteiger partial charge in [-0.3, -0.25) is 4.79 Å². The van der Waals surface area contributed by atoms with E-state index in [0.29, 0.717) is 47.1 Å². The van der Waals surface area contributed by atoms with E-state index < -0.39 is 0 Å². The van der Waals surface area contributed by atoms with Crippen LogP contribution in [0.4, 0.5) is 5.82 Å². The molecule has 3 aromatic rings. The van der Waals surface area contributed by atoms with Gasteiger partial charge in [0.05, 0.1) is 14.2 Å². The first-order chi connectivity index (χ1) is 18.0. The lowest BCUT2D eigenvalue weighted by Gasteiger charge is -2.30. The summed E-state index contributed by atoms with van der Waals surface area (Å²) in [6.45, 7) is 2.69. The van der Waals surface area contributed by atoms with Crippen LogP contribution in [-0.2, 0) is 23.5 Å². The number of fused-ring (bicyclic) bond motifs is 1. The summed E-state index contributed by atoms with van der Waals surface area (Å²) in [4.78, 5) is 23.8. The highest BCUT2D eigenvalue weighted by molar-refractivity contribution is 7.98. The van der Waals surface area contributed by atoms with Crippen LogP contribution in [0.3, 0.4) is 0 Å². The molecule has 0 saturated carbocycles. The molecule has 37 heavy (non-hydrogen) atoms. The summed E-state index contributed by atoms with van der Waals surface area (Å²) in [5.41, 5.74) is 4.05. The summed E-state index contributed by atoms with van der Waals surface area (Å²) in [6, 6.07) is 13.5. The van der Waals surface area contributed by atoms with Crippen LogP contribution in [0.25, 0.3) is 0 Å². The van der Waals surface area contributed by atoms with Crippen LogP contribution in [0.2, 0.25) is 5.15 Å². The van der Waals surface area contributed by atoms with Gasteiger partial charge in [-0.1, -0.05) is 35.5 Å². The number of benzene rings is 2. The molecule has 2 heterocycles. The molecule has 1 aliphatic heterocycles. The monoisotopic (exact) mass is 542 g/mol. The second kappa shape index (κ2) is 13.0. The third kappa shape index (κ3) is 7.06. The number of ether oxygens (including phenoxy) is 3. The number of amides is 1. The van der Waals surface area contributed by atoms with E-state index in [-0.39, 0.29) is 5.91 Å². The number of hydrogen-bond donors (Lipinski definition) is 1. The van der Waals surface area contributed by atoms with E-state index >= 15 is 0 Å². The van der Waals surface area contributed by atoms with Crippen LogP contribution in [0.5, 0.6) is 11.5 Å². The quantitative estimate of drug-likeness (QED) is 0.160. The number of aromatic nitrogens is 2. The molecule has 1 N–H and O–H groups in total. The Balaban J connectivity index is 1.42. The fourth-order valence-electron chi connectivity index (χ4n) is 4.16. The summed E-state index contributed by atoms with van der Waals surface area (Å²) in [5, 5.41) is 3.91. The van der Waals surface area contributed by atoms with Gasteiger partial charge in [0.25, 0.3) is 5.91 Å². The van der Waals surface area contributed by atoms with Gasteiger partial charge in [-0.25, -0.2) is 9.97 Å². The molecule has 0 atom stereocenters. The minimum atomic E-state index is -0.0936. The van der Waals surface area contributed by atoms with Gasteiger partial charge in [0.2, 0.25) is 0 Å². The lowest BCUT2D eigenvalue weighted by molar-refractivity contribution is 0.0948. The van der Waals surface area contributed by atoms with Gasteiger partial charge in [-0.2, -0.15) is 0 Å². The molecule has 4 rings (SSSR count). The van der Waals surface area contributed by atoms with Crippen LogP contribution in [0.15, 0.2) is 47.6 Å². The van der Waals surface area contributed by atoms with Crippen LogP contribution < -0.4 is 19.7 Å². The van der Waals surface area contributed by atoms with Gasteiger partial charge in [0.15, 0.2) is 16.7 Å². The van der Waals surface area contributed by atoms with Gasteiger partial charge < -0.3 is 24.4 Å². The molecule has 0 aliphatic carbocycles. The number of thioether (sulfide) groups is 1. The number of carbonyl (C=O) groups excluding carboxylic acids is 1. The van der Waals surface area contributed by atoms with Crippen molar-refractivity contribution < 1.29 is 19.0 Å². The van der Waals surface area contributed by atoms with Crippen molar-refractivity contribution in [2.24, 2.45) is 0 Å². The van der Waals surface area contributed by atoms with Crippen LogP contribution >= 0.6 is 23.4 Å². The maximum absolute atomic E-state index is 12.4. The third-order valence-corrected chi connectivity index (χ3v) is 7.18. The smallest absolute Gasteiger partial charge is 0.251 e. The number of halogens is 1. The van der Waals surface area contributed by atoms with Gasteiger partial charge in [0, 0.05) is 50.7 Å². The third-order valence-electron chi connectivity index (χ3n) is 6.07. The molecule has 1 amide bonds. The molecular weight excluding hydrogens is 512 g/mol. The highest BCUT2D eigenvalue weighted by Gasteiger charge is 2.21. The number of nitrogens with one attached hydrogen (secondary N) is 1. The Kier molecular flexibility index (Phi) is 9.49. The van der Waals surface area contributed by atoms with E-state index in [1.54, 1.807) is 27.4 Å². The fraction of sp³-hybridized carbons (Fsp3) is 0.370. The first kappa shape index (κ1) is 27.0. The van der Waals surface area contributed by atoms with Crippen LogP contribution in [0, 0.1) is 0 Å². The maximum atomic E-state index is 12.4. The molecule has 0 saturated heterocycles. The molecule has 0 spiro atoms. The van der Waals surface area contributed by atoms with E-state index in [2.05, 4.69) is 15.2 Å². The summed E-state index contributed by atoms with van der Waals surface area (Å²) in [6.07, 6.45) is 1.64. The van der Waals surface area contributed by atoms with Crippen molar-refractivity contribution in [3.8, 4) is 11.5 Å². The molecule has 1 aromatic heterocycles. The predicted molar refractivity (Wildman–Crippen MR) is 146 cm³/mol. The standard InChI is InChI=1S/C27H31ClN4O4S/c1-34-11-5-9-29-26(33)20-7-4-6-18(12-20)17-37-27-30-24(28)15-25(31-27)32-10-8-19-13-22(35-2)23(36-3)14-21(19)16-32/h4,6-7,12-15H,5,8-11,16-17H2,1-3H3,(H,29,33). The number of anilines is 1. The second-order valence-electron chi connectivity index (χ2n) is 8.57. The maximum Gasteiger partial charge on any atom is 0.251 e. The largest absolute Gasteiger partial charge is 0.493 e. The Morgan fingerprint density at radius 3 is 2.62 bits per heavy atom. The predicted octanol–water partition coefficient (Wildman–Crippen LogP) is 4.77. The Morgan fingerprint density at radius 1 is 1.08 bits per heavy atom. The number of rotatable bonds is 11. The minimum Gasteiger partial charge on any atom is -0.493 e. The van der Waals surface area contributed by atoms with E-state index in [4.69, 9.17) is 30.8 Å². The van der Waals surface area contributed by atoms with Crippen molar-refractivity contribution >= 4 is 35.1 Å². The van der Waals surface area contributed by atoms with Crippen molar-refractivity contribution in [2.75, 3.05) is 45.9 Å². The Morgan fingerprint density at radius 2 is 1.86 bits per heavy atom. The van der Waals surface area contributed by atoms with E-state index in [1.165, 1.54) is 22.9 Å². The average Bonchev–Trinajstić information content (AvgIpc) is 2.92. The SMILES string of the molecule is COCCCNC(=O)c1cccc(CSc2nc(Cl)cc(N3CCc4cc(OC)c(OC)cc4C3)n2)c1. The molecule has 0 bridgehead atoms. The zero-order chi connectivity index (χ0) is 26.2. The normalized spacial score (nSPS) is 12.7. The summed E-state index contributed by atoms with van der Waals surface area (Å²) < 4.78 is 16.0. The second-order valence-corrected chi connectivity index (χ2v) is 9.90. The highest BCUT2D eigenvalue weighted by atomic mass is 35.5. The molecular formula is C27H31ClN4O4S. The van der Waals surface area contributed by atoms with Gasteiger partial charge >= 0.3 is 0 Å². The van der Waals surface area contributed by atoms with Crippen molar-refractivity contribution in [1.82, 2.24) is 15.3 Å². The minimum absolute atomic E-state index is 0.0936. The van der Waals surface area contributed by atoms with Crippen molar-refractivity contribution in [3.05, 3.63) is 69.9 Å². The molecule has 0 radical (unpaired) electrons. The van der Waals surface area contributed by atoms with E-state index in [0.717, 1.165) is 36.5 Å². The average molecular weight is 543 g/mol. The summed E-state index contributed by atoms with van der Waals surface area (Å²) >= 11 is 7.88. The molecule has 196 valence electrons. The topological polar surface area (TPSA) is 85.8 Å². The fourth-order valence-corrected chi connectivity index (χ4v) is 5.19. The Hall–Kier alpha value is -3.01. The summed E-state index contributed by atoms with van der Waals surface area (Å²) in [5.74, 6) is 2.76. The van der Waals surface area contributed by atoms with Gasteiger partial charge in [-0.15, -0.1) is 0 Å². The lowest BCUT2D eigenvalue weighted by atomic mass is 9.99. The first-order valence-corrected chi connectivity index (χ1v) is 13.4. The number of methoxy groups -OCH3 is 3. The van der Waals surface area contributed by atoms with Gasteiger partial charge in [0.1, 0.15) is 11.0 Å². The molecule has 0 fully saturated rings.